The smallest absolute Gasteiger partial charge is 0.159 e. The van der Waals surface area contributed by atoms with E-state index in [4.69, 9.17) is 15.0 Å². The zero-order valence-electron chi connectivity index (χ0n) is 27.9. The summed E-state index contributed by atoms with van der Waals surface area (Å²) in [5.74, 6) is 1.66. The number of fused-ring (bicyclic) bond motifs is 3. The average Bonchev–Trinajstić information content (AvgIpc) is 3.57. The molecular formula is C47H30N4. The fraction of sp³-hybridized carbons (Fsp3) is 0.0426. The van der Waals surface area contributed by atoms with Crippen molar-refractivity contribution in [2.75, 3.05) is 0 Å². The van der Waals surface area contributed by atoms with Gasteiger partial charge in [-0.2, -0.15) is 0 Å². The predicted octanol–water partition coefficient (Wildman–Crippen LogP) is 12.2. The molecule has 0 aliphatic rings. The van der Waals surface area contributed by atoms with E-state index in [0.717, 1.165) is 45.7 Å². The van der Waals surface area contributed by atoms with Crippen molar-refractivity contribution in [1.82, 2.24) is 19.5 Å². The Kier molecular flexibility index (Phi) is 5.90. The standard InChI is InChI=1S/C47H30N4/c1-2-51-41-22-21-33(25-40(41)50-47(51)31-9-4-3-5-10-31)46-48-26-35(27-49-46)34-23-32-20-19-30-12-7-15-37-36-14-6-11-28-17-18-29-13-8-16-38(44(29)42(28)36)39(24-34)45(32)43(30)37/h3-27H,2H2,1H3. The summed E-state index contributed by atoms with van der Waals surface area (Å²) in [5, 5.41) is 15.3. The summed E-state index contributed by atoms with van der Waals surface area (Å²) in [4.78, 5) is 14.9. The summed E-state index contributed by atoms with van der Waals surface area (Å²) >= 11 is 0. The third-order valence-corrected chi connectivity index (χ3v) is 10.8. The minimum atomic E-state index is 0.687. The van der Waals surface area contributed by atoms with Crippen LogP contribution in [0.2, 0.25) is 0 Å². The Labute approximate surface area is 293 Å². The molecule has 0 saturated carbocycles. The van der Waals surface area contributed by atoms with Crippen LogP contribution in [-0.2, 0) is 6.54 Å². The van der Waals surface area contributed by atoms with Crippen LogP contribution in [0.25, 0.3) is 110 Å². The van der Waals surface area contributed by atoms with Crippen molar-refractivity contribution in [2.24, 2.45) is 0 Å². The van der Waals surface area contributed by atoms with Gasteiger partial charge in [0.1, 0.15) is 5.82 Å². The largest absolute Gasteiger partial charge is 0.324 e. The van der Waals surface area contributed by atoms with Gasteiger partial charge in [0.15, 0.2) is 5.82 Å². The highest BCUT2D eigenvalue weighted by atomic mass is 15.1. The molecule has 2 aromatic heterocycles. The van der Waals surface area contributed by atoms with E-state index in [9.17, 15) is 0 Å². The molecular weight excluding hydrogens is 621 g/mol. The number of imidazole rings is 1. The van der Waals surface area contributed by atoms with Crippen LogP contribution in [0.15, 0.2) is 152 Å². The molecule has 9 aromatic carbocycles. The van der Waals surface area contributed by atoms with Gasteiger partial charge >= 0.3 is 0 Å². The van der Waals surface area contributed by atoms with Crippen LogP contribution in [0.1, 0.15) is 6.92 Å². The Morgan fingerprint density at radius 2 is 1.04 bits per heavy atom. The van der Waals surface area contributed by atoms with Gasteiger partial charge in [-0.25, -0.2) is 15.0 Å². The monoisotopic (exact) mass is 650 g/mol. The number of benzene rings is 8. The van der Waals surface area contributed by atoms with E-state index in [2.05, 4.69) is 145 Å². The summed E-state index contributed by atoms with van der Waals surface area (Å²) in [7, 11) is 0. The summed E-state index contributed by atoms with van der Waals surface area (Å²) in [6.07, 6.45) is 3.93. The van der Waals surface area contributed by atoms with Crippen molar-refractivity contribution in [3.63, 3.8) is 0 Å². The highest BCUT2D eigenvalue weighted by Gasteiger charge is 2.17. The summed E-state index contributed by atoms with van der Waals surface area (Å²) < 4.78 is 2.26. The highest BCUT2D eigenvalue weighted by molar-refractivity contribution is 6.37. The maximum atomic E-state index is 5.05. The van der Waals surface area contributed by atoms with Crippen LogP contribution in [0.5, 0.6) is 0 Å². The van der Waals surface area contributed by atoms with Crippen molar-refractivity contribution >= 4 is 75.7 Å². The fourth-order valence-corrected chi connectivity index (χ4v) is 8.47. The molecule has 0 saturated heterocycles. The predicted molar refractivity (Wildman–Crippen MR) is 214 cm³/mol. The molecule has 0 unspecified atom stereocenters. The van der Waals surface area contributed by atoms with Crippen LogP contribution in [0.3, 0.4) is 0 Å². The number of nitrogens with zero attached hydrogens (tertiary/aromatic N) is 4. The van der Waals surface area contributed by atoms with Crippen LogP contribution in [0.4, 0.5) is 0 Å². The van der Waals surface area contributed by atoms with Gasteiger partial charge in [-0.1, -0.05) is 109 Å². The van der Waals surface area contributed by atoms with Gasteiger partial charge in [0.25, 0.3) is 0 Å². The molecule has 0 aliphatic carbocycles. The van der Waals surface area contributed by atoms with Crippen LogP contribution in [-0.4, -0.2) is 19.5 Å². The van der Waals surface area contributed by atoms with Gasteiger partial charge in [0.2, 0.25) is 0 Å². The normalized spacial score (nSPS) is 12.1. The molecule has 0 N–H and O–H groups in total. The zero-order valence-corrected chi connectivity index (χ0v) is 27.9. The van der Waals surface area contributed by atoms with E-state index >= 15 is 0 Å². The fourth-order valence-electron chi connectivity index (χ4n) is 8.47. The molecule has 11 aromatic rings. The molecule has 4 heteroatoms. The Balaban J connectivity index is 1.11. The first kappa shape index (κ1) is 28.2. The second kappa shape index (κ2) is 10.7. The molecule has 0 radical (unpaired) electrons. The van der Waals surface area contributed by atoms with Gasteiger partial charge in [0, 0.05) is 35.6 Å². The highest BCUT2D eigenvalue weighted by Crippen LogP contribution is 2.44. The summed E-state index contributed by atoms with van der Waals surface area (Å²) in [5.41, 5.74) is 6.20. The van der Waals surface area contributed by atoms with Gasteiger partial charge in [-0.15, -0.1) is 0 Å². The molecule has 11 rings (SSSR count). The van der Waals surface area contributed by atoms with E-state index in [-0.39, 0.29) is 0 Å². The van der Waals surface area contributed by atoms with Gasteiger partial charge in [-0.05, 0) is 107 Å². The maximum absolute atomic E-state index is 5.05. The van der Waals surface area contributed by atoms with E-state index in [1.165, 1.54) is 64.6 Å². The quantitative estimate of drug-likeness (QED) is 0.178. The van der Waals surface area contributed by atoms with Crippen LogP contribution in [0, 0.1) is 0 Å². The van der Waals surface area contributed by atoms with Crippen molar-refractivity contribution in [3.05, 3.63) is 152 Å². The van der Waals surface area contributed by atoms with E-state index in [1.807, 2.05) is 18.5 Å². The molecule has 0 aliphatic heterocycles. The minimum absolute atomic E-state index is 0.687. The first-order chi connectivity index (χ1) is 25.2. The Morgan fingerprint density at radius 3 is 1.67 bits per heavy atom. The van der Waals surface area contributed by atoms with E-state index < -0.39 is 0 Å². The molecule has 0 fully saturated rings. The third-order valence-electron chi connectivity index (χ3n) is 10.8. The Bertz CT molecular complexity index is 3150. The number of rotatable bonds is 4. The minimum Gasteiger partial charge on any atom is -0.324 e. The second-order valence-electron chi connectivity index (χ2n) is 13.5. The van der Waals surface area contributed by atoms with Crippen LogP contribution >= 0.6 is 0 Å². The number of aryl methyl sites for hydroxylation is 1. The SMILES string of the molecule is CCn1c(-c2ccccc2)nc2cc(-c3ncc(-c4cc5ccc6cccc7c8cccc9ccc%10cccc(c(c4)c5c67)c%10c98)cn3)ccc21. The second-order valence-corrected chi connectivity index (χ2v) is 13.5. The van der Waals surface area contributed by atoms with E-state index in [0.29, 0.717) is 5.82 Å². The number of aromatic nitrogens is 4. The maximum Gasteiger partial charge on any atom is 0.159 e. The third kappa shape index (κ3) is 4.11. The van der Waals surface area contributed by atoms with Crippen molar-refractivity contribution in [3.8, 4) is 33.9 Å². The lowest BCUT2D eigenvalue weighted by atomic mass is 9.87. The van der Waals surface area contributed by atoms with Gasteiger partial charge in [-0.3, -0.25) is 0 Å². The molecule has 0 bridgehead atoms. The van der Waals surface area contributed by atoms with Gasteiger partial charge in [0.05, 0.1) is 11.0 Å². The molecule has 2 heterocycles. The first-order valence-electron chi connectivity index (χ1n) is 17.6. The summed E-state index contributed by atoms with van der Waals surface area (Å²) in [6.45, 7) is 3.00. The Hall–Kier alpha value is -6.65. The molecule has 0 spiro atoms. The number of hydrogen-bond acceptors (Lipinski definition) is 3. The topological polar surface area (TPSA) is 43.6 Å². The lowest BCUT2D eigenvalue weighted by molar-refractivity contribution is 0.796. The molecule has 0 amide bonds. The van der Waals surface area contributed by atoms with Crippen LogP contribution < -0.4 is 0 Å². The Morgan fingerprint density at radius 1 is 0.451 bits per heavy atom. The van der Waals surface area contributed by atoms with Crippen molar-refractivity contribution < 1.29 is 0 Å². The average molecular weight is 651 g/mol. The van der Waals surface area contributed by atoms with Gasteiger partial charge < -0.3 is 4.57 Å². The van der Waals surface area contributed by atoms with Crippen molar-refractivity contribution in [1.29, 1.82) is 0 Å². The molecule has 0 atom stereocenters. The zero-order chi connectivity index (χ0) is 33.6. The van der Waals surface area contributed by atoms with E-state index in [1.54, 1.807) is 0 Å². The molecule has 238 valence electrons. The number of hydrogen-bond donors (Lipinski definition) is 0. The lowest BCUT2D eigenvalue weighted by Gasteiger charge is -2.17. The first-order valence-corrected chi connectivity index (χ1v) is 17.6. The molecule has 51 heavy (non-hydrogen) atoms. The summed E-state index contributed by atoms with van der Waals surface area (Å²) in [6, 6.07) is 50.6. The van der Waals surface area contributed by atoms with Crippen molar-refractivity contribution in [2.45, 2.75) is 13.5 Å². The lowest BCUT2D eigenvalue weighted by Crippen LogP contribution is -1.97. The molecule has 4 nitrogen and oxygen atoms in total.